The molecule has 5 nitrogen and oxygen atoms in total. The van der Waals surface area contributed by atoms with E-state index in [1.54, 1.807) is 6.07 Å². The average Bonchev–Trinajstić information content (AvgIpc) is 3.11. The Morgan fingerprint density at radius 2 is 1.97 bits per heavy atom. The zero-order valence-electron chi connectivity index (χ0n) is 18.8. The van der Waals surface area contributed by atoms with Gasteiger partial charge in [-0.25, -0.2) is 9.37 Å². The minimum Gasteiger partial charge on any atom is -0.370 e. The Hall–Kier alpha value is -3.02. The van der Waals surface area contributed by atoms with E-state index in [9.17, 15) is 0 Å². The highest BCUT2D eigenvalue weighted by Gasteiger charge is 2.26. The van der Waals surface area contributed by atoms with Gasteiger partial charge in [-0.2, -0.15) is 0 Å². The van der Waals surface area contributed by atoms with E-state index in [4.69, 9.17) is 0 Å². The van der Waals surface area contributed by atoms with Gasteiger partial charge in [-0.05, 0) is 49.6 Å². The van der Waals surface area contributed by atoms with Gasteiger partial charge in [0.2, 0.25) is 0 Å². The zero-order chi connectivity index (χ0) is 22.1. The first kappa shape index (κ1) is 21.2. The van der Waals surface area contributed by atoms with Crippen LogP contribution in [0.5, 0.6) is 0 Å². The van der Waals surface area contributed by atoms with Crippen molar-refractivity contribution in [1.29, 1.82) is 0 Å². The van der Waals surface area contributed by atoms with Gasteiger partial charge in [-0.3, -0.25) is 0 Å². The molecule has 2 aliphatic heterocycles. The molecule has 2 saturated heterocycles. The maximum atomic E-state index is 15.0. The van der Waals surface area contributed by atoms with Crippen LogP contribution in [-0.4, -0.2) is 48.6 Å². The lowest BCUT2D eigenvalue weighted by Gasteiger charge is -2.38. The van der Waals surface area contributed by atoms with E-state index >= 15 is 4.39 Å². The molecule has 1 unspecified atom stereocenters. The van der Waals surface area contributed by atoms with Crippen LogP contribution in [0.2, 0.25) is 0 Å². The van der Waals surface area contributed by atoms with Crippen LogP contribution in [0.4, 0.5) is 15.9 Å². The van der Waals surface area contributed by atoms with Gasteiger partial charge in [0.05, 0.1) is 11.9 Å². The molecule has 2 fully saturated rings. The van der Waals surface area contributed by atoms with Crippen molar-refractivity contribution in [2.24, 2.45) is 0 Å². The van der Waals surface area contributed by atoms with E-state index in [-0.39, 0.29) is 11.9 Å². The fourth-order valence-corrected chi connectivity index (χ4v) is 4.51. The lowest BCUT2D eigenvalue weighted by molar-refractivity contribution is 0.365. The van der Waals surface area contributed by atoms with Crippen molar-refractivity contribution < 1.29 is 4.39 Å². The molecular formula is C25H32FN5. The molecule has 0 spiro atoms. The summed E-state index contributed by atoms with van der Waals surface area (Å²) in [7, 11) is 0. The quantitative estimate of drug-likeness (QED) is 0.785. The summed E-state index contributed by atoms with van der Waals surface area (Å²) in [4.78, 5) is 11.2. The van der Waals surface area contributed by atoms with E-state index in [1.807, 2.05) is 23.2 Å². The Balaban J connectivity index is 1.43. The third-order valence-electron chi connectivity index (χ3n) is 6.35. The second-order valence-corrected chi connectivity index (χ2v) is 8.47. The number of nitrogens with one attached hydrogen (secondary N) is 1. The SMILES string of the molecule is C=C(c1ccc(N2C(=C)NCC2C)cc1F)N1CCN(c2ncc(CC)cc2C)CC1. The lowest BCUT2D eigenvalue weighted by Crippen LogP contribution is -2.46. The van der Waals surface area contributed by atoms with Crippen LogP contribution in [0.1, 0.15) is 30.5 Å². The van der Waals surface area contributed by atoms with E-state index in [0.717, 1.165) is 62.2 Å². The summed E-state index contributed by atoms with van der Waals surface area (Å²) in [5, 5.41) is 3.23. The molecule has 1 N–H and O–H groups in total. The molecule has 1 aromatic carbocycles. The molecule has 31 heavy (non-hydrogen) atoms. The Labute approximate surface area is 184 Å². The van der Waals surface area contributed by atoms with Crippen molar-refractivity contribution >= 4 is 17.2 Å². The second-order valence-electron chi connectivity index (χ2n) is 8.47. The molecule has 2 aliphatic rings. The number of hydrogen-bond donors (Lipinski definition) is 1. The summed E-state index contributed by atoms with van der Waals surface area (Å²) in [6.07, 6.45) is 2.96. The normalized spacial score (nSPS) is 19.0. The van der Waals surface area contributed by atoms with Crippen LogP contribution in [0, 0.1) is 12.7 Å². The molecular weight excluding hydrogens is 389 g/mol. The summed E-state index contributed by atoms with van der Waals surface area (Å²) < 4.78 is 15.0. The summed E-state index contributed by atoms with van der Waals surface area (Å²) in [5.74, 6) is 1.61. The maximum absolute atomic E-state index is 15.0. The van der Waals surface area contributed by atoms with Crippen molar-refractivity contribution in [2.75, 3.05) is 42.5 Å². The fourth-order valence-electron chi connectivity index (χ4n) is 4.51. The minimum atomic E-state index is -0.246. The van der Waals surface area contributed by atoms with Crippen molar-refractivity contribution in [2.45, 2.75) is 33.2 Å². The number of rotatable bonds is 5. The predicted octanol–water partition coefficient (Wildman–Crippen LogP) is 4.15. The topological polar surface area (TPSA) is 34.6 Å². The molecule has 1 aromatic heterocycles. The number of benzene rings is 1. The lowest BCUT2D eigenvalue weighted by atomic mass is 10.1. The van der Waals surface area contributed by atoms with Gasteiger partial charge >= 0.3 is 0 Å². The molecule has 4 rings (SSSR count). The number of aromatic nitrogens is 1. The number of hydrogen-bond acceptors (Lipinski definition) is 5. The van der Waals surface area contributed by atoms with Crippen LogP contribution in [0.25, 0.3) is 5.70 Å². The fraction of sp³-hybridized carbons (Fsp3) is 0.400. The number of pyridine rings is 1. The second kappa shape index (κ2) is 8.61. The predicted molar refractivity (Wildman–Crippen MR) is 127 cm³/mol. The van der Waals surface area contributed by atoms with Crippen LogP contribution >= 0.6 is 0 Å². The largest absolute Gasteiger partial charge is 0.370 e. The van der Waals surface area contributed by atoms with E-state index in [2.05, 4.69) is 60.1 Å². The van der Waals surface area contributed by atoms with Crippen LogP contribution in [0.3, 0.4) is 0 Å². The molecule has 0 radical (unpaired) electrons. The molecule has 0 aliphatic carbocycles. The van der Waals surface area contributed by atoms with E-state index in [1.165, 1.54) is 11.1 Å². The Morgan fingerprint density at radius 1 is 1.23 bits per heavy atom. The van der Waals surface area contributed by atoms with Gasteiger partial charge < -0.3 is 20.0 Å². The van der Waals surface area contributed by atoms with Gasteiger partial charge in [0, 0.05) is 55.9 Å². The summed E-state index contributed by atoms with van der Waals surface area (Å²) in [6, 6.07) is 7.85. The van der Waals surface area contributed by atoms with Crippen molar-refractivity contribution in [3.63, 3.8) is 0 Å². The van der Waals surface area contributed by atoms with Crippen molar-refractivity contribution in [3.8, 4) is 0 Å². The van der Waals surface area contributed by atoms with Crippen molar-refractivity contribution in [1.82, 2.24) is 15.2 Å². The summed E-state index contributed by atoms with van der Waals surface area (Å²) in [5.41, 5.74) is 4.58. The standard InChI is InChI=1S/C25H32FN5/c1-6-21-13-17(2)25(28-16-21)30-11-9-29(10-12-30)19(4)23-8-7-22(14-24(23)26)31-18(3)15-27-20(31)5/h7-8,13-14,16,18,27H,4-6,9-12,15H2,1-3H3. The molecule has 1 atom stereocenters. The van der Waals surface area contributed by atoms with E-state index < -0.39 is 0 Å². The van der Waals surface area contributed by atoms with Gasteiger partial charge in [0.15, 0.2) is 0 Å². The number of piperazine rings is 1. The Morgan fingerprint density at radius 3 is 2.55 bits per heavy atom. The first-order valence-electron chi connectivity index (χ1n) is 11.0. The summed E-state index contributed by atoms with van der Waals surface area (Å²) in [6.45, 7) is 18.7. The smallest absolute Gasteiger partial charge is 0.134 e. The average molecular weight is 422 g/mol. The maximum Gasteiger partial charge on any atom is 0.134 e. The number of anilines is 2. The highest BCUT2D eigenvalue weighted by atomic mass is 19.1. The highest BCUT2D eigenvalue weighted by molar-refractivity contribution is 5.67. The van der Waals surface area contributed by atoms with Crippen LogP contribution < -0.4 is 15.1 Å². The Kier molecular flexibility index (Phi) is 5.90. The molecule has 2 aromatic rings. The van der Waals surface area contributed by atoms with Crippen LogP contribution in [-0.2, 0) is 6.42 Å². The minimum absolute atomic E-state index is 0.246. The Bertz CT molecular complexity index is 993. The first-order chi connectivity index (χ1) is 14.9. The number of halogens is 1. The molecule has 164 valence electrons. The molecule has 0 bridgehead atoms. The zero-order valence-corrected chi connectivity index (χ0v) is 18.8. The third kappa shape index (κ3) is 4.11. The highest BCUT2D eigenvalue weighted by Crippen LogP contribution is 2.30. The molecule has 0 amide bonds. The third-order valence-corrected chi connectivity index (χ3v) is 6.35. The van der Waals surface area contributed by atoms with Gasteiger partial charge in [0.25, 0.3) is 0 Å². The number of aryl methyl sites for hydroxylation is 2. The monoisotopic (exact) mass is 421 g/mol. The van der Waals surface area contributed by atoms with Crippen molar-refractivity contribution in [3.05, 3.63) is 71.9 Å². The van der Waals surface area contributed by atoms with Crippen LogP contribution in [0.15, 0.2) is 49.4 Å². The first-order valence-corrected chi connectivity index (χ1v) is 11.0. The summed E-state index contributed by atoms with van der Waals surface area (Å²) >= 11 is 0. The molecule has 3 heterocycles. The van der Waals surface area contributed by atoms with E-state index in [0.29, 0.717) is 5.56 Å². The van der Waals surface area contributed by atoms with Gasteiger partial charge in [-0.1, -0.05) is 26.1 Å². The number of nitrogens with zero attached hydrogens (tertiary/aromatic N) is 4. The molecule has 0 saturated carbocycles. The van der Waals surface area contributed by atoms with Gasteiger partial charge in [0.1, 0.15) is 11.6 Å². The van der Waals surface area contributed by atoms with Gasteiger partial charge in [-0.15, -0.1) is 0 Å². The molecule has 6 heteroatoms.